The fourth-order valence-corrected chi connectivity index (χ4v) is 2.48. The molecule has 0 bridgehead atoms. The van der Waals surface area contributed by atoms with Gasteiger partial charge < -0.3 is 25.4 Å². The predicted octanol–water partition coefficient (Wildman–Crippen LogP) is 0.0666. The van der Waals surface area contributed by atoms with Crippen LogP contribution in [0, 0.1) is 0 Å². The zero-order valence-corrected chi connectivity index (χ0v) is 15.1. The standard InChI is InChI=1S/C16H23N5O5/c1-10(14(22)23)20-9-21(15(17)19-16(20,2)24)18-8-11-5-6-12(25-3)13(7-11)26-4/h5-8,10,24H,9H2,1-4H3,(H2,17,19)(H,22,23)/b18-8+/t10-,16+/m0/s1. The molecule has 1 aromatic rings. The maximum Gasteiger partial charge on any atom is 0.320 e. The summed E-state index contributed by atoms with van der Waals surface area (Å²) in [5.41, 5.74) is 6.56. The van der Waals surface area contributed by atoms with Crippen molar-refractivity contribution in [1.82, 2.24) is 9.91 Å². The van der Waals surface area contributed by atoms with E-state index in [1.807, 2.05) is 0 Å². The van der Waals surface area contributed by atoms with E-state index in [1.165, 1.54) is 37.1 Å². The zero-order chi connectivity index (χ0) is 19.5. The lowest BCUT2D eigenvalue weighted by Gasteiger charge is -2.42. The number of carboxylic acid groups (broad SMARTS) is 1. The molecule has 0 amide bonds. The fraction of sp³-hybridized carbons (Fsp3) is 0.438. The van der Waals surface area contributed by atoms with Gasteiger partial charge in [0.05, 0.1) is 20.4 Å². The Balaban J connectivity index is 2.25. The molecule has 1 aromatic carbocycles. The molecule has 2 rings (SSSR count). The van der Waals surface area contributed by atoms with Gasteiger partial charge >= 0.3 is 5.97 Å². The third kappa shape index (κ3) is 4.03. The maximum atomic E-state index is 11.3. The lowest BCUT2D eigenvalue weighted by molar-refractivity contribution is -0.165. The van der Waals surface area contributed by atoms with E-state index in [1.54, 1.807) is 25.3 Å². The van der Waals surface area contributed by atoms with Crippen molar-refractivity contribution in [1.29, 1.82) is 0 Å². The van der Waals surface area contributed by atoms with E-state index in [0.717, 1.165) is 0 Å². The minimum Gasteiger partial charge on any atom is -0.493 e. The molecule has 0 fully saturated rings. The van der Waals surface area contributed by atoms with Crippen LogP contribution in [0.1, 0.15) is 19.4 Å². The van der Waals surface area contributed by atoms with E-state index in [9.17, 15) is 15.0 Å². The summed E-state index contributed by atoms with van der Waals surface area (Å²) in [5, 5.41) is 25.1. The molecule has 1 heterocycles. The van der Waals surface area contributed by atoms with E-state index in [2.05, 4.69) is 10.1 Å². The highest BCUT2D eigenvalue weighted by Gasteiger charge is 2.41. The van der Waals surface area contributed by atoms with Gasteiger partial charge in [-0.25, -0.2) is 14.9 Å². The average Bonchev–Trinajstić information content (AvgIpc) is 2.59. The van der Waals surface area contributed by atoms with E-state index < -0.39 is 17.9 Å². The highest BCUT2D eigenvalue weighted by Crippen LogP contribution is 2.27. The molecule has 0 aromatic heterocycles. The van der Waals surface area contributed by atoms with Gasteiger partial charge in [0.2, 0.25) is 11.8 Å². The van der Waals surface area contributed by atoms with Crippen LogP contribution in [-0.2, 0) is 4.79 Å². The Morgan fingerprint density at radius 2 is 2.08 bits per heavy atom. The molecule has 10 nitrogen and oxygen atoms in total. The molecule has 0 spiro atoms. The molecule has 0 saturated carbocycles. The number of hydrazone groups is 1. The summed E-state index contributed by atoms with van der Waals surface area (Å²) >= 11 is 0. The van der Waals surface area contributed by atoms with Gasteiger partial charge in [-0.3, -0.25) is 4.79 Å². The van der Waals surface area contributed by atoms with Gasteiger partial charge in [0.1, 0.15) is 12.7 Å². The van der Waals surface area contributed by atoms with Crippen molar-refractivity contribution in [3.05, 3.63) is 23.8 Å². The number of benzene rings is 1. The summed E-state index contributed by atoms with van der Waals surface area (Å²) in [4.78, 5) is 16.5. The second kappa shape index (κ2) is 7.58. The van der Waals surface area contributed by atoms with Crippen molar-refractivity contribution < 1.29 is 24.5 Å². The Labute approximate surface area is 151 Å². The SMILES string of the molecule is COc1ccc(/C=N/N2CN([C@@H](C)C(=O)O)[C@](C)(O)N=C2N)cc1OC. The number of ether oxygens (including phenoxy) is 2. The van der Waals surface area contributed by atoms with Crippen LogP contribution < -0.4 is 15.2 Å². The fourth-order valence-electron chi connectivity index (χ4n) is 2.48. The minimum atomic E-state index is -1.74. The number of hydrogen-bond donors (Lipinski definition) is 3. The summed E-state index contributed by atoms with van der Waals surface area (Å²) in [7, 11) is 3.07. The molecule has 1 aliphatic heterocycles. The van der Waals surface area contributed by atoms with E-state index >= 15 is 0 Å². The Morgan fingerprint density at radius 3 is 2.65 bits per heavy atom. The van der Waals surface area contributed by atoms with Crippen LogP contribution in [-0.4, -0.2) is 71.0 Å². The summed E-state index contributed by atoms with van der Waals surface area (Å²) in [6, 6.07) is 4.25. The minimum absolute atomic E-state index is 0.0273. The first-order chi connectivity index (χ1) is 12.2. The molecule has 0 aliphatic carbocycles. The lowest BCUT2D eigenvalue weighted by Crippen LogP contribution is -2.61. The topological polar surface area (TPSA) is 133 Å². The number of rotatable bonds is 6. The molecule has 10 heteroatoms. The van der Waals surface area contributed by atoms with Crippen LogP contribution >= 0.6 is 0 Å². The smallest absolute Gasteiger partial charge is 0.320 e. The van der Waals surface area contributed by atoms with Gasteiger partial charge in [-0.15, -0.1) is 0 Å². The van der Waals surface area contributed by atoms with Gasteiger partial charge in [0.25, 0.3) is 0 Å². The molecule has 142 valence electrons. The number of hydrogen-bond acceptors (Lipinski definition) is 9. The van der Waals surface area contributed by atoms with Crippen LogP contribution in [0.2, 0.25) is 0 Å². The molecular weight excluding hydrogens is 342 g/mol. The van der Waals surface area contributed by atoms with Gasteiger partial charge in [-0.1, -0.05) is 0 Å². The van der Waals surface area contributed by atoms with Gasteiger partial charge in [0.15, 0.2) is 11.5 Å². The first-order valence-corrected chi connectivity index (χ1v) is 7.80. The molecule has 1 aliphatic rings. The van der Waals surface area contributed by atoms with E-state index in [0.29, 0.717) is 17.1 Å². The quantitative estimate of drug-likeness (QED) is 0.603. The largest absolute Gasteiger partial charge is 0.493 e. The van der Waals surface area contributed by atoms with Crippen LogP contribution in [0.25, 0.3) is 0 Å². The predicted molar refractivity (Wildman–Crippen MR) is 95.0 cm³/mol. The van der Waals surface area contributed by atoms with E-state index in [-0.39, 0.29) is 12.6 Å². The Hall–Kier alpha value is -2.85. The second-order valence-electron chi connectivity index (χ2n) is 5.82. The third-order valence-electron chi connectivity index (χ3n) is 4.00. The number of carbonyl (C=O) groups is 1. The number of methoxy groups -OCH3 is 2. The normalized spacial score (nSPS) is 22.2. The van der Waals surface area contributed by atoms with E-state index in [4.69, 9.17) is 15.2 Å². The number of guanidine groups is 1. The monoisotopic (exact) mass is 365 g/mol. The Bertz CT molecular complexity index is 734. The lowest BCUT2D eigenvalue weighted by atomic mass is 10.2. The van der Waals surface area contributed by atoms with Crippen LogP contribution in [0.4, 0.5) is 0 Å². The Kier molecular flexibility index (Phi) is 5.68. The molecule has 26 heavy (non-hydrogen) atoms. The van der Waals surface area contributed by atoms with Crippen molar-refractivity contribution in [3.63, 3.8) is 0 Å². The highest BCUT2D eigenvalue weighted by atomic mass is 16.5. The van der Waals surface area contributed by atoms with Gasteiger partial charge in [-0.2, -0.15) is 5.10 Å². The molecule has 0 saturated heterocycles. The average molecular weight is 365 g/mol. The Morgan fingerprint density at radius 1 is 1.42 bits per heavy atom. The number of carboxylic acids is 1. The number of nitrogens with two attached hydrogens (primary N) is 1. The molecule has 2 atom stereocenters. The van der Waals surface area contributed by atoms with Crippen molar-refractivity contribution in [2.75, 3.05) is 20.9 Å². The summed E-state index contributed by atoms with van der Waals surface area (Å²) in [6.07, 6.45) is 1.52. The molecular formula is C16H23N5O5. The first-order valence-electron chi connectivity index (χ1n) is 7.80. The van der Waals surface area contributed by atoms with Gasteiger partial charge in [0, 0.05) is 6.92 Å². The van der Waals surface area contributed by atoms with Gasteiger partial charge in [-0.05, 0) is 30.7 Å². The first kappa shape index (κ1) is 19.5. The number of aliphatic carboxylic acids is 1. The molecule has 0 unspecified atom stereocenters. The van der Waals surface area contributed by atoms with Crippen LogP contribution in [0.5, 0.6) is 11.5 Å². The maximum absolute atomic E-state index is 11.3. The highest BCUT2D eigenvalue weighted by molar-refractivity contribution is 5.84. The number of aliphatic hydroxyl groups is 1. The number of nitrogens with zero attached hydrogens (tertiary/aromatic N) is 4. The van der Waals surface area contributed by atoms with Crippen molar-refractivity contribution >= 4 is 18.1 Å². The molecule has 4 N–H and O–H groups in total. The van der Waals surface area contributed by atoms with Crippen molar-refractivity contribution in [2.45, 2.75) is 25.7 Å². The van der Waals surface area contributed by atoms with Crippen LogP contribution in [0.3, 0.4) is 0 Å². The number of aliphatic imine (C=N–C) groups is 1. The summed E-state index contributed by atoms with van der Waals surface area (Å²) in [5.74, 6) is -1.73. The van der Waals surface area contributed by atoms with Crippen molar-refractivity contribution in [3.8, 4) is 11.5 Å². The van der Waals surface area contributed by atoms with Crippen molar-refractivity contribution in [2.24, 2.45) is 15.8 Å². The molecule has 0 radical (unpaired) electrons. The summed E-state index contributed by atoms with van der Waals surface area (Å²) in [6.45, 7) is 2.78. The second-order valence-corrected chi connectivity index (χ2v) is 5.82. The third-order valence-corrected chi connectivity index (χ3v) is 4.00. The van der Waals surface area contributed by atoms with Crippen LogP contribution in [0.15, 0.2) is 28.3 Å². The summed E-state index contributed by atoms with van der Waals surface area (Å²) < 4.78 is 10.4. The zero-order valence-electron chi connectivity index (χ0n) is 15.1.